The van der Waals surface area contributed by atoms with Gasteiger partial charge in [-0.3, -0.25) is 19.5 Å². The lowest BCUT2D eigenvalue weighted by Crippen LogP contribution is -2.45. The van der Waals surface area contributed by atoms with Crippen LogP contribution in [0.5, 0.6) is 17.2 Å². The second-order valence-electron chi connectivity index (χ2n) is 18.2. The number of alkyl carbamates (subject to hydrolysis) is 2. The van der Waals surface area contributed by atoms with Crippen molar-refractivity contribution >= 4 is 56.0 Å². The molecule has 424 valence electrons. The van der Waals surface area contributed by atoms with E-state index in [-0.39, 0.29) is 35.7 Å². The van der Waals surface area contributed by atoms with E-state index in [1.165, 1.54) is 78.0 Å². The highest BCUT2D eigenvalue weighted by molar-refractivity contribution is 7.55. The van der Waals surface area contributed by atoms with Crippen LogP contribution in [-0.4, -0.2) is 128 Å². The molecule has 25 heteroatoms. The second-order valence-corrected chi connectivity index (χ2v) is 20.5. The molecule has 2 N–H and O–H groups in total. The molecule has 0 aliphatic heterocycles. The summed E-state index contributed by atoms with van der Waals surface area (Å²) in [5, 5.41) is 4.55. The number of amides is 2. The molecule has 0 radical (unpaired) electrons. The Bertz CT molecular complexity index is 2490. The maximum Gasteiger partial charge on any atom is 0.408 e. The van der Waals surface area contributed by atoms with Gasteiger partial charge in [-0.25, -0.2) is 37.1 Å². The topological polar surface area (TPSA) is 262 Å². The second kappa shape index (κ2) is 32.3. The molecule has 0 saturated heterocycles. The van der Waals surface area contributed by atoms with Crippen LogP contribution in [0.25, 0.3) is 6.08 Å². The molecule has 0 aromatic heterocycles. The first-order valence-corrected chi connectivity index (χ1v) is 24.1. The summed E-state index contributed by atoms with van der Waals surface area (Å²) >= 11 is 0. The first kappa shape index (κ1) is 68.8. The molecule has 0 aliphatic carbocycles. The molecule has 3 aromatic carbocycles. The maximum absolute atomic E-state index is 13.7. The zero-order valence-electron chi connectivity index (χ0n) is 45.8. The minimum absolute atomic E-state index is 0.0623. The molecule has 2 amide bonds. The Morgan fingerprint density at radius 3 is 1.37 bits per heavy atom. The maximum atomic E-state index is 13.7. The third-order valence-electron chi connectivity index (χ3n) is 8.77. The normalized spacial score (nSPS) is 12.0. The first-order chi connectivity index (χ1) is 35.2. The Morgan fingerprint density at radius 2 is 0.987 bits per heavy atom. The van der Waals surface area contributed by atoms with Crippen LogP contribution in [0, 0.1) is 17.5 Å². The molecule has 0 heterocycles. The van der Waals surface area contributed by atoms with E-state index < -0.39 is 89.7 Å². The van der Waals surface area contributed by atoms with Gasteiger partial charge in [0.25, 0.3) is 0 Å². The molecule has 0 spiro atoms. The summed E-state index contributed by atoms with van der Waals surface area (Å²) < 4.78 is 105. The monoisotopic (exact) mass is 1100 g/mol. The van der Waals surface area contributed by atoms with Gasteiger partial charge in [0.05, 0.1) is 49.1 Å². The number of carbonyl (C=O) groups excluding carboxylic acids is 7. The fourth-order valence-corrected chi connectivity index (χ4v) is 6.71. The van der Waals surface area contributed by atoms with E-state index in [4.69, 9.17) is 23.7 Å². The molecule has 0 saturated carbocycles. The highest BCUT2D eigenvalue weighted by Crippen LogP contribution is 2.51. The van der Waals surface area contributed by atoms with Gasteiger partial charge in [0.15, 0.2) is 34.7 Å². The van der Waals surface area contributed by atoms with E-state index in [0.29, 0.717) is 23.0 Å². The highest BCUT2D eigenvalue weighted by atomic mass is 31.2. The predicted octanol–water partition coefficient (Wildman–Crippen LogP) is 8.71. The van der Waals surface area contributed by atoms with Crippen LogP contribution in [0.2, 0.25) is 0 Å². The van der Waals surface area contributed by atoms with Crippen LogP contribution in [0.15, 0.2) is 60.2 Å². The Balaban J connectivity index is 0.00000101. The average molecular weight is 1100 g/mol. The number of hydrogen-bond donors (Lipinski definition) is 2. The molecule has 2 unspecified atom stereocenters. The summed E-state index contributed by atoms with van der Waals surface area (Å²) in [6.45, 7) is 15.2. The van der Waals surface area contributed by atoms with Gasteiger partial charge >= 0.3 is 43.7 Å². The number of carbonyl (C=O) groups is 7. The summed E-state index contributed by atoms with van der Waals surface area (Å²) in [5.41, 5.74) is -0.826. The predicted molar refractivity (Wildman–Crippen MR) is 270 cm³/mol. The summed E-state index contributed by atoms with van der Waals surface area (Å²) in [4.78, 5) is 80.6. The van der Waals surface area contributed by atoms with Crippen molar-refractivity contribution in [2.75, 3.05) is 56.9 Å². The number of methoxy groups -OCH3 is 6. The van der Waals surface area contributed by atoms with Gasteiger partial charge < -0.3 is 57.0 Å². The van der Waals surface area contributed by atoms with E-state index in [9.17, 15) is 51.3 Å². The molecule has 76 heavy (non-hydrogen) atoms. The van der Waals surface area contributed by atoms with E-state index in [0.717, 1.165) is 27.4 Å². The van der Waals surface area contributed by atoms with E-state index in [2.05, 4.69) is 38.6 Å². The zero-order chi connectivity index (χ0) is 58.8. The third-order valence-corrected chi connectivity index (χ3v) is 10.8. The van der Waals surface area contributed by atoms with E-state index in [1.807, 2.05) is 0 Å². The summed E-state index contributed by atoms with van der Waals surface area (Å²) in [7, 11) is 5.91. The van der Waals surface area contributed by atoms with Crippen molar-refractivity contribution in [2.24, 2.45) is 0 Å². The Kier molecular flexibility index (Phi) is 29.3. The number of esters is 4. The smallest absolute Gasteiger partial charge is 0.408 e. The number of aldehydes is 1. The number of hydrogen-bond acceptors (Lipinski definition) is 19. The molecule has 0 fully saturated rings. The lowest BCUT2D eigenvalue weighted by molar-refractivity contribution is -0.155. The van der Waals surface area contributed by atoms with Crippen LogP contribution < -0.4 is 24.8 Å². The summed E-state index contributed by atoms with van der Waals surface area (Å²) in [5.74, 6) is -5.73. The summed E-state index contributed by atoms with van der Waals surface area (Å²) in [6.07, 6.45) is 0.0877. The van der Waals surface area contributed by atoms with Gasteiger partial charge in [0, 0.05) is 31.8 Å². The van der Waals surface area contributed by atoms with Crippen LogP contribution in [-0.2, 0) is 67.6 Å². The van der Waals surface area contributed by atoms with Gasteiger partial charge in [-0.15, -0.1) is 0 Å². The standard InChI is InChI=1S/C17H21FO5.C16H22FNO5.C10H20NO7P.C8H7FO2/c1-17(2,3)23-15(19)10-12(16(20)22-5)8-11-6-7-14(21-4)13(18)9-11;1-16(2,3)23-15(20)18-12(14(19)22-5)9-10-6-7-13(21-4)11(17)8-10;1-10(2,3)18-9(13)11-7(8(12)15-4)19(14,16-5)17-6;1-11-8-3-2-6(5-10)4-7(8)9/h6-9H,10H2,1-5H3;6-8,12H,9H2,1-5H3,(H,18,20);7H,1-6H3,(H,11,13);2-5H,1H3/b12-8+;;;. The van der Waals surface area contributed by atoms with Crippen molar-refractivity contribution in [2.45, 2.75) is 104 Å². The van der Waals surface area contributed by atoms with Crippen molar-refractivity contribution in [3.8, 4) is 17.2 Å². The SMILES string of the molecule is COC(=O)/C(=C/c1ccc(OC)c(F)c1)CC(=O)OC(C)(C)C.COC(=O)C(Cc1ccc(OC)c(F)c1)NC(=O)OC(C)(C)C.COC(=O)C(NC(=O)OC(C)(C)C)P(=O)(OC)OC.COc1ccc(C=O)cc1F. The molecule has 3 aromatic rings. The molecule has 0 bridgehead atoms. The highest BCUT2D eigenvalue weighted by Gasteiger charge is 2.43. The number of benzene rings is 3. The number of rotatable bonds is 17. The van der Waals surface area contributed by atoms with Crippen molar-refractivity contribution in [3.63, 3.8) is 0 Å². The van der Waals surface area contributed by atoms with Gasteiger partial charge in [0.1, 0.15) is 29.1 Å². The minimum Gasteiger partial charge on any atom is -0.494 e. The average Bonchev–Trinajstić information content (AvgIpc) is 3.33. The molecule has 2 atom stereocenters. The van der Waals surface area contributed by atoms with E-state index in [1.54, 1.807) is 74.4 Å². The lowest BCUT2D eigenvalue weighted by Gasteiger charge is -2.25. The quantitative estimate of drug-likeness (QED) is 0.0421. The number of nitrogens with one attached hydrogen (secondary N) is 2. The third kappa shape index (κ3) is 26.4. The Hall–Kier alpha value is -7.17. The summed E-state index contributed by atoms with van der Waals surface area (Å²) in [6, 6.07) is 11.6. The van der Waals surface area contributed by atoms with Gasteiger partial charge in [-0.05, 0) is 122 Å². The van der Waals surface area contributed by atoms with Crippen molar-refractivity contribution in [1.82, 2.24) is 10.6 Å². The molecular formula is C51H70F3N2O19P. The van der Waals surface area contributed by atoms with Gasteiger partial charge in [0.2, 0.25) is 5.78 Å². The van der Waals surface area contributed by atoms with Crippen molar-refractivity contribution < 1.29 is 103 Å². The largest absolute Gasteiger partial charge is 0.494 e. The number of ether oxygens (including phenoxy) is 9. The van der Waals surface area contributed by atoms with Crippen LogP contribution in [0.1, 0.15) is 90.2 Å². The Morgan fingerprint density at radius 1 is 0.566 bits per heavy atom. The van der Waals surface area contributed by atoms with Crippen LogP contribution in [0.3, 0.4) is 0 Å². The molecule has 3 rings (SSSR count). The lowest BCUT2D eigenvalue weighted by atomic mass is 10.1. The molecular weight excluding hydrogens is 1030 g/mol. The fraction of sp³-hybridized carbons (Fsp3) is 0.471. The first-order valence-electron chi connectivity index (χ1n) is 22.5. The Labute approximate surface area is 440 Å². The van der Waals surface area contributed by atoms with E-state index >= 15 is 0 Å². The zero-order valence-corrected chi connectivity index (χ0v) is 46.7. The van der Waals surface area contributed by atoms with Crippen LogP contribution in [0.4, 0.5) is 22.8 Å². The fourth-order valence-electron chi connectivity index (χ4n) is 5.52. The minimum atomic E-state index is -3.87. The van der Waals surface area contributed by atoms with Crippen molar-refractivity contribution in [3.05, 3.63) is 94.3 Å². The van der Waals surface area contributed by atoms with Crippen LogP contribution >= 0.6 is 7.60 Å². The van der Waals surface area contributed by atoms with Gasteiger partial charge in [-0.2, -0.15) is 0 Å². The van der Waals surface area contributed by atoms with Crippen molar-refractivity contribution in [1.29, 1.82) is 0 Å². The van der Waals surface area contributed by atoms with Gasteiger partial charge in [-0.1, -0.05) is 12.1 Å². The molecule has 0 aliphatic rings. The number of halogens is 3. The molecule has 21 nitrogen and oxygen atoms in total.